The molecule has 0 bridgehead atoms. The van der Waals surface area contributed by atoms with Crippen molar-refractivity contribution in [2.45, 2.75) is 0 Å². The number of pyridine rings is 1. The monoisotopic (exact) mass is 341 g/mol. The number of nitrogens with zero attached hydrogens (tertiary/aromatic N) is 2. The number of aromatic nitrogens is 1. The van der Waals surface area contributed by atoms with Gasteiger partial charge in [-0.05, 0) is 42.6 Å². The molecule has 1 aliphatic rings. The molecular formula is C16H11N3O2S2. The molecule has 0 unspecified atom stereocenters. The number of nitrogens with one attached hydrogen (secondary N) is 1. The quantitative estimate of drug-likeness (QED) is 0.687. The number of hydrazine groups is 1. The molecule has 0 atom stereocenters. The average Bonchev–Trinajstić information content (AvgIpc) is 2.84. The van der Waals surface area contributed by atoms with Crippen LogP contribution in [0.1, 0.15) is 16.1 Å². The van der Waals surface area contributed by atoms with Crippen molar-refractivity contribution in [1.29, 1.82) is 0 Å². The summed E-state index contributed by atoms with van der Waals surface area (Å²) in [6, 6.07) is 14.0. The molecule has 1 aromatic heterocycles. The van der Waals surface area contributed by atoms with Gasteiger partial charge in [0, 0.05) is 11.8 Å². The van der Waals surface area contributed by atoms with Gasteiger partial charge in [-0.25, -0.2) is 0 Å². The van der Waals surface area contributed by atoms with Gasteiger partial charge < -0.3 is 0 Å². The molecule has 0 saturated carbocycles. The van der Waals surface area contributed by atoms with E-state index in [0.717, 1.165) is 16.8 Å². The Kier molecular flexibility index (Phi) is 4.50. The van der Waals surface area contributed by atoms with Gasteiger partial charge in [-0.1, -0.05) is 36.0 Å². The van der Waals surface area contributed by atoms with Gasteiger partial charge in [0.2, 0.25) is 0 Å². The van der Waals surface area contributed by atoms with Crippen molar-refractivity contribution in [2.24, 2.45) is 0 Å². The summed E-state index contributed by atoms with van der Waals surface area (Å²) in [5.74, 6) is -0.754. The van der Waals surface area contributed by atoms with Crippen LogP contribution < -0.4 is 5.43 Å². The minimum absolute atomic E-state index is 0.279. The molecule has 1 fully saturated rings. The van der Waals surface area contributed by atoms with Crippen LogP contribution in [0.2, 0.25) is 0 Å². The molecule has 5 nitrogen and oxygen atoms in total. The highest BCUT2D eigenvalue weighted by atomic mass is 32.2. The molecule has 1 saturated heterocycles. The van der Waals surface area contributed by atoms with Crippen LogP contribution in [0.5, 0.6) is 0 Å². The number of hydrogen-bond donors (Lipinski definition) is 1. The van der Waals surface area contributed by atoms with Crippen LogP contribution in [0.3, 0.4) is 0 Å². The predicted molar refractivity (Wildman–Crippen MR) is 93.2 cm³/mol. The number of thioether (sulfide) groups is 1. The first-order valence-corrected chi connectivity index (χ1v) is 7.92. The average molecular weight is 341 g/mol. The number of amides is 2. The molecule has 3 rings (SSSR count). The third kappa shape index (κ3) is 3.46. The van der Waals surface area contributed by atoms with Crippen molar-refractivity contribution >= 4 is 46.2 Å². The number of thiocarbonyl (C=S) groups is 1. The van der Waals surface area contributed by atoms with Gasteiger partial charge in [-0.2, -0.15) is 5.01 Å². The van der Waals surface area contributed by atoms with Crippen molar-refractivity contribution in [3.05, 3.63) is 70.9 Å². The van der Waals surface area contributed by atoms with Crippen molar-refractivity contribution < 1.29 is 9.59 Å². The van der Waals surface area contributed by atoms with Crippen molar-refractivity contribution in [3.63, 3.8) is 0 Å². The maximum atomic E-state index is 12.4. The molecule has 1 aromatic carbocycles. The Morgan fingerprint density at radius 2 is 1.91 bits per heavy atom. The third-order valence-corrected chi connectivity index (χ3v) is 4.31. The van der Waals surface area contributed by atoms with Gasteiger partial charge in [0.1, 0.15) is 0 Å². The summed E-state index contributed by atoms with van der Waals surface area (Å²) in [5.41, 5.74) is 3.64. The third-order valence-electron chi connectivity index (χ3n) is 3.01. The lowest BCUT2D eigenvalue weighted by atomic mass is 10.2. The lowest BCUT2D eigenvalue weighted by molar-refractivity contribution is -0.123. The molecule has 7 heteroatoms. The summed E-state index contributed by atoms with van der Waals surface area (Å²) >= 11 is 6.30. The molecule has 2 aromatic rings. The summed E-state index contributed by atoms with van der Waals surface area (Å²) < 4.78 is 0.279. The number of rotatable bonds is 3. The summed E-state index contributed by atoms with van der Waals surface area (Å²) in [7, 11) is 0. The van der Waals surface area contributed by atoms with Gasteiger partial charge in [-0.15, -0.1) is 0 Å². The molecule has 0 radical (unpaired) electrons. The molecule has 1 N–H and O–H groups in total. The largest absolute Gasteiger partial charge is 0.285 e. The minimum Gasteiger partial charge on any atom is -0.267 e. The van der Waals surface area contributed by atoms with Crippen LogP contribution in [0.15, 0.2) is 59.6 Å². The van der Waals surface area contributed by atoms with Gasteiger partial charge >= 0.3 is 0 Å². The van der Waals surface area contributed by atoms with Crippen LogP contribution in [0.25, 0.3) is 6.08 Å². The molecule has 1 aliphatic heterocycles. The number of hydrogen-bond acceptors (Lipinski definition) is 5. The van der Waals surface area contributed by atoms with Crippen molar-refractivity contribution in [3.8, 4) is 0 Å². The second-order valence-electron chi connectivity index (χ2n) is 4.58. The van der Waals surface area contributed by atoms with E-state index in [1.807, 2.05) is 12.1 Å². The van der Waals surface area contributed by atoms with E-state index in [9.17, 15) is 9.59 Å². The smallest absolute Gasteiger partial charge is 0.267 e. The highest BCUT2D eigenvalue weighted by Gasteiger charge is 2.33. The van der Waals surface area contributed by atoms with E-state index in [4.69, 9.17) is 12.2 Å². The van der Waals surface area contributed by atoms with E-state index in [2.05, 4.69) is 10.4 Å². The fourth-order valence-electron chi connectivity index (χ4n) is 1.92. The first-order valence-electron chi connectivity index (χ1n) is 6.70. The van der Waals surface area contributed by atoms with Crippen molar-refractivity contribution in [2.75, 3.05) is 0 Å². The fraction of sp³-hybridized carbons (Fsp3) is 0. The Bertz CT molecular complexity index is 791. The van der Waals surface area contributed by atoms with Gasteiger partial charge in [0.05, 0.1) is 10.6 Å². The highest BCUT2D eigenvalue weighted by Crippen LogP contribution is 2.31. The maximum absolute atomic E-state index is 12.4. The van der Waals surface area contributed by atoms with Gasteiger partial charge in [0.15, 0.2) is 4.32 Å². The zero-order valence-corrected chi connectivity index (χ0v) is 13.4. The molecule has 2 heterocycles. The highest BCUT2D eigenvalue weighted by molar-refractivity contribution is 8.26. The zero-order chi connectivity index (χ0) is 16.2. The van der Waals surface area contributed by atoms with E-state index in [1.54, 1.807) is 48.7 Å². The van der Waals surface area contributed by atoms with E-state index < -0.39 is 0 Å². The van der Waals surface area contributed by atoms with E-state index in [-0.39, 0.29) is 16.1 Å². The predicted octanol–water partition coefficient (Wildman–Crippen LogP) is 2.63. The standard InChI is InChI=1S/C16H11N3O2S2/c20-14(11-6-2-1-3-7-11)18-19-15(21)13(23-16(19)22)10-12-8-4-5-9-17-12/h1-10H,(H,18,20)/b13-10-. The Labute approximate surface area is 142 Å². The van der Waals surface area contributed by atoms with Crippen LogP contribution in [0, 0.1) is 0 Å². The Morgan fingerprint density at radius 1 is 1.17 bits per heavy atom. The molecule has 0 aliphatic carbocycles. The lowest BCUT2D eigenvalue weighted by Crippen LogP contribution is -2.44. The normalized spacial score (nSPS) is 16.0. The van der Waals surface area contributed by atoms with Crippen LogP contribution in [-0.4, -0.2) is 26.1 Å². The zero-order valence-electron chi connectivity index (χ0n) is 11.8. The molecule has 114 valence electrons. The SMILES string of the molecule is O=C(NN1C(=O)/C(=C/c2ccccn2)SC1=S)c1ccccc1. The van der Waals surface area contributed by atoms with Crippen LogP contribution in [0.4, 0.5) is 0 Å². The molecule has 2 amide bonds. The topological polar surface area (TPSA) is 62.3 Å². The van der Waals surface area contributed by atoms with E-state index >= 15 is 0 Å². The first kappa shape index (κ1) is 15.4. The summed E-state index contributed by atoms with van der Waals surface area (Å²) in [4.78, 5) is 29.1. The Balaban J connectivity index is 1.77. The summed E-state index contributed by atoms with van der Waals surface area (Å²) in [6.45, 7) is 0. The van der Waals surface area contributed by atoms with Gasteiger partial charge in [-0.3, -0.25) is 20.0 Å². The van der Waals surface area contributed by atoms with E-state index in [1.165, 1.54) is 0 Å². The van der Waals surface area contributed by atoms with Crippen LogP contribution in [-0.2, 0) is 4.79 Å². The first-order chi connectivity index (χ1) is 11.1. The summed E-state index contributed by atoms with van der Waals surface area (Å²) in [5, 5.41) is 1.09. The number of benzene rings is 1. The van der Waals surface area contributed by atoms with E-state index in [0.29, 0.717) is 16.2 Å². The molecular weight excluding hydrogens is 330 g/mol. The maximum Gasteiger partial charge on any atom is 0.285 e. The van der Waals surface area contributed by atoms with Crippen LogP contribution >= 0.6 is 24.0 Å². The lowest BCUT2D eigenvalue weighted by Gasteiger charge is -2.15. The number of carbonyl (C=O) groups excluding carboxylic acids is 2. The Hall–Kier alpha value is -2.51. The molecule has 23 heavy (non-hydrogen) atoms. The second-order valence-corrected chi connectivity index (χ2v) is 6.25. The Morgan fingerprint density at radius 3 is 2.61 bits per heavy atom. The fourth-order valence-corrected chi connectivity index (χ4v) is 3.08. The number of carbonyl (C=O) groups is 2. The summed E-state index contributed by atoms with van der Waals surface area (Å²) in [6.07, 6.45) is 3.29. The second kappa shape index (κ2) is 6.72. The van der Waals surface area contributed by atoms with Gasteiger partial charge in [0.25, 0.3) is 11.8 Å². The molecule has 0 spiro atoms. The van der Waals surface area contributed by atoms with Crippen molar-refractivity contribution in [1.82, 2.24) is 15.4 Å². The minimum atomic E-state index is -0.388.